The number of nitrogens with zero attached hydrogens (tertiary/aromatic N) is 1. The zero-order valence-electron chi connectivity index (χ0n) is 13.4. The maximum absolute atomic E-state index is 12.1. The maximum atomic E-state index is 12.1. The predicted molar refractivity (Wildman–Crippen MR) is 87.5 cm³/mol. The van der Waals surface area contributed by atoms with E-state index in [9.17, 15) is 4.79 Å². The summed E-state index contributed by atoms with van der Waals surface area (Å²) in [7, 11) is 0. The molecular formula is C17H27N3O. The zero-order valence-corrected chi connectivity index (χ0v) is 13.4. The Morgan fingerprint density at radius 1 is 1.43 bits per heavy atom. The number of anilines is 1. The van der Waals surface area contributed by atoms with Gasteiger partial charge in [-0.3, -0.25) is 4.79 Å². The van der Waals surface area contributed by atoms with Crippen LogP contribution in [0.3, 0.4) is 0 Å². The number of nitrogens with one attached hydrogen (secondary N) is 1. The van der Waals surface area contributed by atoms with E-state index in [0.717, 1.165) is 25.8 Å². The van der Waals surface area contributed by atoms with E-state index in [4.69, 9.17) is 5.73 Å². The average Bonchev–Trinajstić information content (AvgIpc) is 2.46. The van der Waals surface area contributed by atoms with Gasteiger partial charge < -0.3 is 16.0 Å². The lowest BCUT2D eigenvalue weighted by Crippen LogP contribution is -2.42. The summed E-state index contributed by atoms with van der Waals surface area (Å²) in [6, 6.07) is 6.68. The molecule has 4 nitrogen and oxygen atoms in total. The molecule has 1 aliphatic rings. The first kappa shape index (κ1) is 15.8. The fourth-order valence-corrected chi connectivity index (χ4v) is 2.74. The van der Waals surface area contributed by atoms with Crippen molar-refractivity contribution in [1.29, 1.82) is 0 Å². The molecule has 4 heteroatoms. The molecule has 0 radical (unpaired) electrons. The number of nitrogens with two attached hydrogens (primary N) is 1. The minimum Gasteiger partial charge on any atom is -0.362 e. The van der Waals surface area contributed by atoms with Crippen LogP contribution in [0.5, 0.6) is 0 Å². The van der Waals surface area contributed by atoms with Crippen LogP contribution >= 0.6 is 0 Å². The van der Waals surface area contributed by atoms with Crippen molar-refractivity contribution >= 4 is 11.6 Å². The molecule has 1 aliphatic heterocycles. The highest BCUT2D eigenvalue weighted by atomic mass is 16.2. The fraction of sp³-hybridized carbons (Fsp3) is 0.588. The largest absolute Gasteiger partial charge is 0.362 e. The van der Waals surface area contributed by atoms with Crippen LogP contribution in [-0.2, 0) is 11.2 Å². The number of benzene rings is 1. The minimum atomic E-state index is 0.0550. The lowest BCUT2D eigenvalue weighted by molar-refractivity contribution is -0.120. The first-order chi connectivity index (χ1) is 10.0. The number of amides is 1. The summed E-state index contributed by atoms with van der Waals surface area (Å²) in [5.74, 6) is 0.105. The Kier molecular flexibility index (Phi) is 5.23. The first-order valence-corrected chi connectivity index (χ1v) is 7.94. The molecular weight excluding hydrogens is 262 g/mol. The van der Waals surface area contributed by atoms with E-state index < -0.39 is 0 Å². The summed E-state index contributed by atoms with van der Waals surface area (Å²) in [5.41, 5.74) is 9.62. The average molecular weight is 289 g/mol. The third-order valence-corrected chi connectivity index (χ3v) is 4.20. The van der Waals surface area contributed by atoms with Crippen LogP contribution in [0, 0.1) is 0 Å². The standard InChI is InChI=1S/C17H27N3O/c1-4-12(2)19-17(21)11-20-9-5-6-15-10-14(13(3)18)7-8-16(15)20/h7-8,10,12-13H,4-6,9,11,18H2,1-3H3,(H,19,21). The van der Waals surface area contributed by atoms with Gasteiger partial charge in [-0.15, -0.1) is 0 Å². The molecule has 1 aromatic carbocycles. The molecule has 0 aliphatic carbocycles. The van der Waals surface area contributed by atoms with Crippen LogP contribution in [0.25, 0.3) is 0 Å². The van der Waals surface area contributed by atoms with Gasteiger partial charge in [0.1, 0.15) is 0 Å². The maximum Gasteiger partial charge on any atom is 0.239 e. The quantitative estimate of drug-likeness (QED) is 0.875. The number of carbonyl (C=O) groups excluding carboxylic acids is 1. The molecule has 0 aromatic heterocycles. The van der Waals surface area contributed by atoms with Gasteiger partial charge in [-0.2, -0.15) is 0 Å². The Bertz CT molecular complexity index is 499. The molecule has 2 rings (SSSR count). The molecule has 0 saturated carbocycles. The summed E-state index contributed by atoms with van der Waals surface area (Å²) in [4.78, 5) is 14.3. The number of rotatable bonds is 5. The van der Waals surface area contributed by atoms with Crippen molar-refractivity contribution in [2.45, 2.75) is 52.1 Å². The van der Waals surface area contributed by atoms with Gasteiger partial charge >= 0.3 is 0 Å². The van der Waals surface area contributed by atoms with Crippen molar-refractivity contribution in [1.82, 2.24) is 5.32 Å². The van der Waals surface area contributed by atoms with Gasteiger partial charge in [-0.25, -0.2) is 0 Å². The van der Waals surface area contributed by atoms with Crippen molar-refractivity contribution in [3.05, 3.63) is 29.3 Å². The molecule has 116 valence electrons. The normalized spacial score (nSPS) is 17.0. The van der Waals surface area contributed by atoms with Gasteiger partial charge in [0, 0.05) is 24.3 Å². The summed E-state index contributed by atoms with van der Waals surface area (Å²) in [5, 5.41) is 3.04. The van der Waals surface area contributed by atoms with Crippen LogP contribution in [0.2, 0.25) is 0 Å². The van der Waals surface area contributed by atoms with E-state index in [0.29, 0.717) is 6.54 Å². The van der Waals surface area contributed by atoms with E-state index >= 15 is 0 Å². The number of aryl methyl sites for hydroxylation is 1. The second-order valence-corrected chi connectivity index (χ2v) is 6.08. The van der Waals surface area contributed by atoms with E-state index in [1.165, 1.54) is 16.8 Å². The van der Waals surface area contributed by atoms with Crippen LogP contribution < -0.4 is 16.0 Å². The van der Waals surface area contributed by atoms with E-state index in [2.05, 4.69) is 35.3 Å². The summed E-state index contributed by atoms with van der Waals surface area (Å²) in [6.07, 6.45) is 3.12. The highest BCUT2D eigenvalue weighted by Gasteiger charge is 2.20. The first-order valence-electron chi connectivity index (χ1n) is 7.94. The highest BCUT2D eigenvalue weighted by Crippen LogP contribution is 2.29. The number of hydrogen-bond donors (Lipinski definition) is 2. The lowest BCUT2D eigenvalue weighted by atomic mass is 9.97. The molecule has 1 aromatic rings. The fourth-order valence-electron chi connectivity index (χ4n) is 2.74. The zero-order chi connectivity index (χ0) is 15.4. The number of hydrogen-bond acceptors (Lipinski definition) is 3. The lowest BCUT2D eigenvalue weighted by Gasteiger charge is -2.31. The monoisotopic (exact) mass is 289 g/mol. The van der Waals surface area contributed by atoms with Crippen molar-refractivity contribution in [2.75, 3.05) is 18.0 Å². The Labute approximate surface area is 127 Å². The summed E-state index contributed by atoms with van der Waals surface area (Å²) < 4.78 is 0. The van der Waals surface area contributed by atoms with Crippen molar-refractivity contribution in [3.63, 3.8) is 0 Å². The van der Waals surface area contributed by atoms with E-state index in [1.54, 1.807) is 0 Å². The van der Waals surface area contributed by atoms with E-state index in [-0.39, 0.29) is 18.0 Å². The van der Waals surface area contributed by atoms with Crippen LogP contribution in [0.15, 0.2) is 18.2 Å². The smallest absolute Gasteiger partial charge is 0.239 e. The predicted octanol–water partition coefficient (Wildman–Crippen LogP) is 2.37. The molecule has 0 fully saturated rings. The van der Waals surface area contributed by atoms with Gasteiger partial charge in [-0.05, 0) is 50.3 Å². The van der Waals surface area contributed by atoms with Crippen molar-refractivity contribution < 1.29 is 4.79 Å². The highest BCUT2D eigenvalue weighted by molar-refractivity contribution is 5.82. The Morgan fingerprint density at radius 2 is 2.19 bits per heavy atom. The molecule has 0 spiro atoms. The number of carbonyl (C=O) groups is 1. The topological polar surface area (TPSA) is 58.4 Å². The molecule has 0 saturated heterocycles. The Balaban J connectivity index is 2.09. The second-order valence-electron chi connectivity index (χ2n) is 6.08. The summed E-state index contributed by atoms with van der Waals surface area (Å²) >= 11 is 0. The van der Waals surface area contributed by atoms with Crippen molar-refractivity contribution in [2.24, 2.45) is 5.73 Å². The molecule has 2 atom stereocenters. The van der Waals surface area contributed by atoms with E-state index in [1.807, 2.05) is 13.8 Å². The van der Waals surface area contributed by atoms with Crippen LogP contribution in [0.4, 0.5) is 5.69 Å². The number of fused-ring (bicyclic) bond motifs is 1. The third kappa shape index (κ3) is 3.97. The SMILES string of the molecule is CCC(C)NC(=O)CN1CCCc2cc(C(C)N)ccc21. The van der Waals surface area contributed by atoms with Crippen LogP contribution in [-0.4, -0.2) is 25.0 Å². The van der Waals surface area contributed by atoms with Gasteiger partial charge in [-0.1, -0.05) is 19.1 Å². The molecule has 1 amide bonds. The van der Waals surface area contributed by atoms with Gasteiger partial charge in [0.15, 0.2) is 0 Å². The Hall–Kier alpha value is -1.55. The van der Waals surface area contributed by atoms with Crippen LogP contribution in [0.1, 0.15) is 50.8 Å². The van der Waals surface area contributed by atoms with Gasteiger partial charge in [0.2, 0.25) is 5.91 Å². The van der Waals surface area contributed by atoms with Gasteiger partial charge in [0.25, 0.3) is 0 Å². The Morgan fingerprint density at radius 3 is 2.86 bits per heavy atom. The van der Waals surface area contributed by atoms with Crippen molar-refractivity contribution in [3.8, 4) is 0 Å². The minimum absolute atomic E-state index is 0.0550. The second kappa shape index (κ2) is 6.94. The summed E-state index contributed by atoms with van der Waals surface area (Å²) in [6.45, 7) is 7.50. The molecule has 2 unspecified atom stereocenters. The molecule has 21 heavy (non-hydrogen) atoms. The molecule has 1 heterocycles. The molecule has 0 bridgehead atoms. The van der Waals surface area contributed by atoms with Gasteiger partial charge in [0.05, 0.1) is 6.54 Å². The third-order valence-electron chi connectivity index (χ3n) is 4.20. The molecule has 3 N–H and O–H groups in total.